The van der Waals surface area contributed by atoms with E-state index in [-0.39, 0.29) is 5.91 Å². The number of carbonyl (C=O) groups excluding carboxylic acids is 1. The van der Waals surface area contributed by atoms with Gasteiger partial charge in [0.05, 0.1) is 11.0 Å². The average Bonchev–Trinajstić information content (AvgIpc) is 2.97. The molecule has 18 heavy (non-hydrogen) atoms. The molecule has 1 heterocycles. The first-order valence-electron chi connectivity index (χ1n) is 6.43. The monoisotopic (exact) mass is 243 g/mol. The molecule has 94 valence electrons. The summed E-state index contributed by atoms with van der Waals surface area (Å²) in [7, 11) is 2.02. The van der Waals surface area contributed by atoms with Crippen molar-refractivity contribution in [3.63, 3.8) is 0 Å². The van der Waals surface area contributed by atoms with Crippen LogP contribution in [0.4, 0.5) is 0 Å². The molecule has 0 unspecified atom stereocenters. The topological polar surface area (TPSA) is 60.9 Å². The van der Waals surface area contributed by atoms with Crippen molar-refractivity contribution in [3.05, 3.63) is 29.6 Å². The molecule has 1 fully saturated rings. The summed E-state index contributed by atoms with van der Waals surface area (Å²) in [6.07, 6.45) is 5.03. The van der Waals surface area contributed by atoms with Crippen molar-refractivity contribution in [1.82, 2.24) is 9.55 Å². The number of hydrogen-bond donors (Lipinski definition) is 1. The highest BCUT2D eigenvalue weighted by Crippen LogP contribution is 2.34. The molecule has 1 aromatic heterocycles. The Bertz CT molecular complexity index is 609. The Hall–Kier alpha value is -1.84. The van der Waals surface area contributed by atoms with Crippen molar-refractivity contribution in [1.29, 1.82) is 0 Å². The molecular weight excluding hydrogens is 226 g/mol. The van der Waals surface area contributed by atoms with Gasteiger partial charge in [-0.25, -0.2) is 4.98 Å². The third-order valence-electron chi connectivity index (χ3n) is 3.92. The van der Waals surface area contributed by atoms with Gasteiger partial charge in [0, 0.05) is 18.5 Å². The van der Waals surface area contributed by atoms with Crippen LogP contribution in [0.1, 0.15) is 47.8 Å². The van der Waals surface area contributed by atoms with Gasteiger partial charge in [0.2, 0.25) is 5.91 Å². The Morgan fingerprint density at radius 3 is 2.78 bits per heavy atom. The zero-order valence-corrected chi connectivity index (χ0v) is 10.5. The molecule has 1 aliphatic rings. The van der Waals surface area contributed by atoms with Crippen LogP contribution in [0.5, 0.6) is 0 Å². The van der Waals surface area contributed by atoms with Gasteiger partial charge in [0.1, 0.15) is 5.82 Å². The minimum Gasteiger partial charge on any atom is -0.366 e. The van der Waals surface area contributed by atoms with Gasteiger partial charge in [-0.2, -0.15) is 0 Å². The summed E-state index contributed by atoms with van der Waals surface area (Å²) in [6.45, 7) is 0. The predicted octanol–water partition coefficient (Wildman–Crippen LogP) is 2.33. The van der Waals surface area contributed by atoms with Gasteiger partial charge in [-0.05, 0) is 31.0 Å². The van der Waals surface area contributed by atoms with Crippen LogP contribution in [0, 0.1) is 0 Å². The van der Waals surface area contributed by atoms with E-state index in [1.54, 1.807) is 6.07 Å². The smallest absolute Gasteiger partial charge is 0.248 e. The maximum Gasteiger partial charge on any atom is 0.248 e. The van der Waals surface area contributed by atoms with Crippen molar-refractivity contribution in [2.24, 2.45) is 12.8 Å². The second-order valence-corrected chi connectivity index (χ2v) is 5.08. The van der Waals surface area contributed by atoms with E-state index in [1.807, 2.05) is 19.2 Å². The molecule has 0 atom stereocenters. The molecule has 0 radical (unpaired) electrons. The number of fused-ring (bicyclic) bond motifs is 1. The number of imidazole rings is 1. The van der Waals surface area contributed by atoms with Gasteiger partial charge in [-0.1, -0.05) is 12.8 Å². The van der Waals surface area contributed by atoms with Crippen molar-refractivity contribution in [3.8, 4) is 0 Å². The van der Waals surface area contributed by atoms with Crippen LogP contribution in [0.15, 0.2) is 18.2 Å². The first-order valence-corrected chi connectivity index (χ1v) is 6.43. The first-order chi connectivity index (χ1) is 8.66. The van der Waals surface area contributed by atoms with Crippen molar-refractivity contribution >= 4 is 16.9 Å². The van der Waals surface area contributed by atoms with Gasteiger partial charge in [0.25, 0.3) is 0 Å². The molecular formula is C14H17N3O. The van der Waals surface area contributed by atoms with Crippen molar-refractivity contribution in [2.75, 3.05) is 0 Å². The van der Waals surface area contributed by atoms with Crippen molar-refractivity contribution < 1.29 is 4.79 Å². The van der Waals surface area contributed by atoms with E-state index < -0.39 is 0 Å². The number of primary amides is 1. The Kier molecular flexibility index (Phi) is 2.58. The van der Waals surface area contributed by atoms with Crippen LogP contribution in [0.3, 0.4) is 0 Å². The molecule has 0 aliphatic heterocycles. The molecule has 0 spiro atoms. The van der Waals surface area contributed by atoms with E-state index >= 15 is 0 Å². The lowest BCUT2D eigenvalue weighted by atomic mass is 10.1. The van der Waals surface area contributed by atoms with E-state index in [1.165, 1.54) is 25.7 Å². The number of amides is 1. The zero-order valence-electron chi connectivity index (χ0n) is 10.5. The maximum absolute atomic E-state index is 11.2. The molecule has 1 aliphatic carbocycles. The zero-order chi connectivity index (χ0) is 12.7. The van der Waals surface area contributed by atoms with Gasteiger partial charge < -0.3 is 10.3 Å². The number of aromatic nitrogens is 2. The van der Waals surface area contributed by atoms with Crippen LogP contribution >= 0.6 is 0 Å². The lowest BCUT2D eigenvalue weighted by Crippen LogP contribution is -2.10. The quantitative estimate of drug-likeness (QED) is 0.880. The van der Waals surface area contributed by atoms with Crippen LogP contribution in [-0.2, 0) is 7.05 Å². The summed E-state index contributed by atoms with van der Waals surface area (Å²) in [6, 6.07) is 5.47. The number of carbonyl (C=O) groups is 1. The molecule has 0 bridgehead atoms. The number of hydrogen-bond acceptors (Lipinski definition) is 2. The number of nitrogens with two attached hydrogens (primary N) is 1. The molecule has 2 N–H and O–H groups in total. The summed E-state index contributed by atoms with van der Waals surface area (Å²) >= 11 is 0. The lowest BCUT2D eigenvalue weighted by Gasteiger charge is -2.08. The van der Waals surface area contributed by atoms with Gasteiger partial charge in [0.15, 0.2) is 0 Å². The highest BCUT2D eigenvalue weighted by molar-refractivity contribution is 5.96. The van der Waals surface area contributed by atoms with Gasteiger partial charge in [-0.3, -0.25) is 4.79 Å². The van der Waals surface area contributed by atoms with Gasteiger partial charge in [-0.15, -0.1) is 0 Å². The molecule has 1 aromatic carbocycles. The van der Waals surface area contributed by atoms with Crippen LogP contribution in [-0.4, -0.2) is 15.5 Å². The summed E-state index contributed by atoms with van der Waals surface area (Å²) in [5.74, 6) is 1.32. The lowest BCUT2D eigenvalue weighted by molar-refractivity contribution is 0.100. The Balaban J connectivity index is 2.12. The van der Waals surface area contributed by atoms with Crippen LogP contribution in [0.2, 0.25) is 0 Å². The maximum atomic E-state index is 11.2. The number of rotatable bonds is 2. The number of nitrogens with zero attached hydrogens (tertiary/aromatic N) is 2. The van der Waals surface area contributed by atoms with Crippen LogP contribution < -0.4 is 5.73 Å². The van der Waals surface area contributed by atoms with E-state index in [2.05, 4.69) is 4.57 Å². The second-order valence-electron chi connectivity index (χ2n) is 5.08. The summed E-state index contributed by atoms with van der Waals surface area (Å²) in [5, 5.41) is 0. The third-order valence-corrected chi connectivity index (χ3v) is 3.92. The van der Waals surface area contributed by atoms with Crippen molar-refractivity contribution in [2.45, 2.75) is 31.6 Å². The fraction of sp³-hybridized carbons (Fsp3) is 0.429. The van der Waals surface area contributed by atoms with Gasteiger partial charge >= 0.3 is 0 Å². The molecule has 0 saturated heterocycles. The molecule has 2 aromatic rings. The summed E-state index contributed by atoms with van der Waals surface area (Å²) in [5.41, 5.74) is 7.80. The SMILES string of the molecule is Cn1c(C2CCCC2)nc2ccc(C(N)=O)cc21. The largest absolute Gasteiger partial charge is 0.366 e. The molecule has 1 saturated carbocycles. The third kappa shape index (κ3) is 1.68. The minimum absolute atomic E-state index is 0.388. The fourth-order valence-electron chi connectivity index (χ4n) is 2.91. The Labute approximate surface area is 106 Å². The molecule has 3 rings (SSSR count). The van der Waals surface area contributed by atoms with Crippen LogP contribution in [0.25, 0.3) is 11.0 Å². The van der Waals surface area contributed by atoms with E-state index in [0.717, 1.165) is 16.9 Å². The number of aryl methyl sites for hydroxylation is 1. The average molecular weight is 243 g/mol. The highest BCUT2D eigenvalue weighted by atomic mass is 16.1. The first kappa shape index (κ1) is 11.3. The predicted molar refractivity (Wildman–Crippen MR) is 70.4 cm³/mol. The van der Waals surface area contributed by atoms with E-state index in [4.69, 9.17) is 10.7 Å². The second kappa shape index (κ2) is 4.12. The summed E-state index contributed by atoms with van der Waals surface area (Å²) in [4.78, 5) is 15.9. The molecule has 4 nitrogen and oxygen atoms in total. The minimum atomic E-state index is -0.388. The Morgan fingerprint density at radius 1 is 1.39 bits per heavy atom. The molecule has 1 amide bonds. The Morgan fingerprint density at radius 2 is 2.11 bits per heavy atom. The fourth-order valence-corrected chi connectivity index (χ4v) is 2.91. The van der Waals surface area contributed by atoms with E-state index in [9.17, 15) is 4.79 Å². The standard InChI is InChI=1S/C14H17N3O/c1-17-12-8-10(13(15)18)6-7-11(12)16-14(17)9-4-2-3-5-9/h6-9H,2-5H2,1H3,(H2,15,18). The summed E-state index contributed by atoms with van der Waals surface area (Å²) < 4.78 is 2.11. The van der Waals surface area contributed by atoms with E-state index in [0.29, 0.717) is 11.5 Å². The highest BCUT2D eigenvalue weighted by Gasteiger charge is 2.22. The molecule has 4 heteroatoms. The number of benzene rings is 1. The normalized spacial score (nSPS) is 16.5.